The molecule has 2 rings (SSSR count). The second-order valence-electron chi connectivity index (χ2n) is 7.16. The van der Waals surface area contributed by atoms with Gasteiger partial charge < -0.3 is 24.7 Å². The summed E-state index contributed by atoms with van der Waals surface area (Å²) in [6.07, 6.45) is 5.55. The van der Waals surface area contributed by atoms with Crippen molar-refractivity contribution in [3.8, 4) is 11.5 Å². The fraction of sp³-hybridized carbons (Fsp3) is 0.500. The summed E-state index contributed by atoms with van der Waals surface area (Å²) in [6, 6.07) is 11.1. The molecule has 0 heterocycles. The SMILES string of the molecule is COCCCCc1cccc(OC)c1N.COCCCCc1cccc(OC)c1[N+](=O)[O-]. The van der Waals surface area contributed by atoms with Crippen molar-refractivity contribution in [2.24, 2.45) is 0 Å². The number of nitro groups is 1. The molecule has 0 bridgehead atoms. The lowest BCUT2D eigenvalue weighted by atomic mass is 10.1. The number of methoxy groups -OCH3 is 4. The largest absolute Gasteiger partial charge is 0.495 e. The number of benzene rings is 2. The van der Waals surface area contributed by atoms with Gasteiger partial charge in [0.05, 0.1) is 24.8 Å². The summed E-state index contributed by atoms with van der Waals surface area (Å²) in [7, 11) is 6.45. The summed E-state index contributed by atoms with van der Waals surface area (Å²) in [5.74, 6) is 1.08. The van der Waals surface area contributed by atoms with Gasteiger partial charge in [0.25, 0.3) is 0 Å². The molecular weight excluding hydrogens is 412 g/mol. The number of nitrogens with two attached hydrogens (primary N) is 1. The fourth-order valence-corrected chi connectivity index (χ4v) is 3.25. The van der Waals surface area contributed by atoms with Crippen LogP contribution in [0, 0.1) is 10.1 Å². The van der Waals surface area contributed by atoms with Crippen LogP contribution in [0.15, 0.2) is 36.4 Å². The normalized spacial score (nSPS) is 10.2. The maximum absolute atomic E-state index is 11.0. The molecule has 0 fully saturated rings. The fourth-order valence-electron chi connectivity index (χ4n) is 3.25. The first-order valence-corrected chi connectivity index (χ1v) is 10.7. The second kappa shape index (κ2) is 15.9. The Hall–Kier alpha value is -2.84. The highest BCUT2D eigenvalue weighted by Crippen LogP contribution is 2.31. The van der Waals surface area contributed by atoms with Gasteiger partial charge in [0.1, 0.15) is 5.75 Å². The van der Waals surface area contributed by atoms with Gasteiger partial charge in [-0.25, -0.2) is 0 Å². The summed E-state index contributed by atoms with van der Waals surface area (Å²) in [5.41, 5.74) is 8.66. The van der Waals surface area contributed by atoms with Crippen molar-refractivity contribution in [1.29, 1.82) is 0 Å². The number of nitrogen functional groups attached to an aromatic ring is 1. The molecule has 2 aromatic carbocycles. The van der Waals surface area contributed by atoms with Crippen molar-refractivity contribution >= 4 is 11.4 Å². The number of aryl methyl sites for hydroxylation is 2. The Bertz CT molecular complexity index is 813. The monoisotopic (exact) mass is 448 g/mol. The van der Waals surface area contributed by atoms with E-state index in [0.29, 0.717) is 24.3 Å². The predicted molar refractivity (Wildman–Crippen MR) is 127 cm³/mol. The van der Waals surface area contributed by atoms with Gasteiger partial charge >= 0.3 is 5.69 Å². The molecule has 2 aromatic rings. The van der Waals surface area contributed by atoms with E-state index in [-0.39, 0.29) is 10.6 Å². The second-order valence-corrected chi connectivity index (χ2v) is 7.16. The number of para-hydroxylation sites is 2. The van der Waals surface area contributed by atoms with Gasteiger partial charge in [-0.3, -0.25) is 10.1 Å². The van der Waals surface area contributed by atoms with Crippen LogP contribution in [0.3, 0.4) is 0 Å². The lowest BCUT2D eigenvalue weighted by Gasteiger charge is -2.09. The summed E-state index contributed by atoms with van der Waals surface area (Å²) < 4.78 is 20.1. The zero-order valence-corrected chi connectivity index (χ0v) is 19.6. The molecule has 0 aliphatic carbocycles. The Balaban J connectivity index is 0.000000323. The molecule has 0 saturated carbocycles. The van der Waals surface area contributed by atoms with Crippen molar-refractivity contribution in [3.63, 3.8) is 0 Å². The zero-order chi connectivity index (χ0) is 23.8. The van der Waals surface area contributed by atoms with Gasteiger partial charge in [0.2, 0.25) is 0 Å². The topological polar surface area (TPSA) is 106 Å². The highest BCUT2D eigenvalue weighted by atomic mass is 16.6. The summed E-state index contributed by atoms with van der Waals surface area (Å²) >= 11 is 0. The van der Waals surface area contributed by atoms with Crippen LogP contribution in [0.4, 0.5) is 11.4 Å². The lowest BCUT2D eigenvalue weighted by molar-refractivity contribution is -0.386. The van der Waals surface area contributed by atoms with E-state index in [1.165, 1.54) is 7.11 Å². The summed E-state index contributed by atoms with van der Waals surface area (Å²) in [6.45, 7) is 1.49. The molecule has 8 heteroatoms. The number of anilines is 1. The average Bonchev–Trinajstić information content (AvgIpc) is 2.80. The molecule has 8 nitrogen and oxygen atoms in total. The van der Waals surface area contributed by atoms with E-state index < -0.39 is 0 Å². The Morgan fingerprint density at radius 3 is 1.78 bits per heavy atom. The van der Waals surface area contributed by atoms with E-state index in [9.17, 15) is 10.1 Å². The van der Waals surface area contributed by atoms with Crippen molar-refractivity contribution < 1.29 is 23.9 Å². The van der Waals surface area contributed by atoms with Crippen LogP contribution < -0.4 is 15.2 Å². The van der Waals surface area contributed by atoms with Crippen LogP contribution in [0.5, 0.6) is 11.5 Å². The third-order valence-corrected chi connectivity index (χ3v) is 4.95. The molecule has 0 aliphatic heterocycles. The molecule has 0 saturated heterocycles. The Kier molecular flexibility index (Phi) is 13.5. The maximum Gasteiger partial charge on any atom is 0.314 e. The average molecular weight is 449 g/mol. The van der Waals surface area contributed by atoms with Gasteiger partial charge in [-0.15, -0.1) is 0 Å². The van der Waals surface area contributed by atoms with E-state index in [4.69, 9.17) is 24.7 Å². The minimum Gasteiger partial charge on any atom is -0.495 e. The smallest absolute Gasteiger partial charge is 0.314 e. The van der Waals surface area contributed by atoms with Gasteiger partial charge in [-0.1, -0.05) is 24.3 Å². The van der Waals surface area contributed by atoms with Crippen molar-refractivity contribution in [2.75, 3.05) is 47.4 Å². The van der Waals surface area contributed by atoms with Gasteiger partial charge in [-0.05, 0) is 56.2 Å². The van der Waals surface area contributed by atoms with E-state index in [1.807, 2.05) is 18.2 Å². The first kappa shape index (κ1) is 27.2. The van der Waals surface area contributed by atoms with Gasteiger partial charge in [0.15, 0.2) is 5.75 Å². The number of nitrogens with zero attached hydrogens (tertiary/aromatic N) is 1. The Labute approximate surface area is 190 Å². The van der Waals surface area contributed by atoms with E-state index in [1.54, 1.807) is 39.5 Å². The van der Waals surface area contributed by atoms with Crippen LogP contribution in [-0.4, -0.2) is 46.6 Å². The molecule has 0 atom stereocenters. The van der Waals surface area contributed by atoms with Crippen molar-refractivity contribution in [2.45, 2.75) is 38.5 Å². The van der Waals surface area contributed by atoms with Crippen LogP contribution in [0.1, 0.15) is 36.8 Å². The van der Waals surface area contributed by atoms with Crippen LogP contribution in [0.25, 0.3) is 0 Å². The molecular formula is C24H36N2O6. The minimum atomic E-state index is -0.384. The van der Waals surface area contributed by atoms with Crippen molar-refractivity contribution in [1.82, 2.24) is 0 Å². The number of unbranched alkanes of at least 4 members (excludes halogenated alkanes) is 2. The van der Waals surface area contributed by atoms with Gasteiger partial charge in [0, 0.05) is 33.0 Å². The molecule has 0 amide bonds. The van der Waals surface area contributed by atoms with E-state index in [0.717, 1.165) is 55.7 Å². The molecule has 0 aliphatic rings. The first-order chi connectivity index (χ1) is 15.5. The minimum absolute atomic E-state index is 0.0763. The molecule has 0 radical (unpaired) electrons. The summed E-state index contributed by atoms with van der Waals surface area (Å²) in [4.78, 5) is 10.6. The number of hydrogen-bond acceptors (Lipinski definition) is 7. The predicted octanol–water partition coefficient (Wildman–Crippen LogP) is 4.82. The molecule has 32 heavy (non-hydrogen) atoms. The highest BCUT2D eigenvalue weighted by Gasteiger charge is 2.19. The Morgan fingerprint density at radius 2 is 1.28 bits per heavy atom. The lowest BCUT2D eigenvalue weighted by Crippen LogP contribution is -2.00. The third-order valence-electron chi connectivity index (χ3n) is 4.95. The Morgan fingerprint density at radius 1 is 0.781 bits per heavy atom. The molecule has 0 unspecified atom stereocenters. The molecule has 2 N–H and O–H groups in total. The number of hydrogen-bond donors (Lipinski definition) is 1. The van der Waals surface area contributed by atoms with Crippen molar-refractivity contribution in [3.05, 3.63) is 57.6 Å². The molecule has 0 aromatic heterocycles. The zero-order valence-electron chi connectivity index (χ0n) is 19.6. The highest BCUT2D eigenvalue weighted by molar-refractivity contribution is 5.58. The van der Waals surface area contributed by atoms with Crippen LogP contribution in [-0.2, 0) is 22.3 Å². The van der Waals surface area contributed by atoms with Gasteiger partial charge in [-0.2, -0.15) is 0 Å². The van der Waals surface area contributed by atoms with Crippen LogP contribution >= 0.6 is 0 Å². The third kappa shape index (κ3) is 9.11. The first-order valence-electron chi connectivity index (χ1n) is 10.7. The molecule has 0 spiro atoms. The molecule has 178 valence electrons. The number of nitro benzene ring substituents is 1. The van der Waals surface area contributed by atoms with E-state index >= 15 is 0 Å². The van der Waals surface area contributed by atoms with E-state index in [2.05, 4.69) is 0 Å². The standard InChI is InChI=1S/C12H17NO4.C12H19NO2/c1-16-9-4-3-6-10-7-5-8-11(17-2)12(10)13(14)15;1-14-9-4-3-6-10-7-5-8-11(15-2)12(10)13/h5,7-8H,3-4,6,9H2,1-2H3;5,7-8H,3-4,6,9,13H2,1-2H3. The maximum atomic E-state index is 11.0. The summed E-state index contributed by atoms with van der Waals surface area (Å²) in [5, 5.41) is 11.0. The number of ether oxygens (including phenoxy) is 4. The van der Waals surface area contributed by atoms with Crippen LogP contribution in [0.2, 0.25) is 0 Å². The number of rotatable bonds is 13. The quantitative estimate of drug-likeness (QED) is 0.203.